The van der Waals surface area contributed by atoms with E-state index in [1.54, 1.807) is 4.90 Å². The molecule has 1 unspecified atom stereocenters. The number of carbonyl (C=O) groups excluding carboxylic acids is 1. The number of halogens is 1. The van der Waals surface area contributed by atoms with Crippen molar-refractivity contribution in [1.29, 1.82) is 5.26 Å². The summed E-state index contributed by atoms with van der Waals surface area (Å²) < 4.78 is 6.12. The first-order valence-corrected chi connectivity index (χ1v) is 14.4. The van der Waals surface area contributed by atoms with Crippen LogP contribution < -0.4 is 15.4 Å². The Morgan fingerprint density at radius 1 is 1.09 bits per heavy atom. The van der Waals surface area contributed by atoms with Crippen LogP contribution in [0.15, 0.2) is 77.3 Å². The van der Waals surface area contributed by atoms with Crippen molar-refractivity contribution >= 4 is 28.8 Å². The fourth-order valence-corrected chi connectivity index (χ4v) is 6.35. The van der Waals surface area contributed by atoms with E-state index in [0.29, 0.717) is 36.4 Å². The number of ketones is 1. The molecule has 43 heavy (non-hydrogen) atoms. The van der Waals surface area contributed by atoms with Crippen molar-refractivity contribution in [2.75, 3.05) is 4.90 Å². The number of anilines is 1. The first-order chi connectivity index (χ1) is 20.3. The molecule has 1 heterocycles. The summed E-state index contributed by atoms with van der Waals surface area (Å²) in [6, 6.07) is 18.3. The summed E-state index contributed by atoms with van der Waals surface area (Å²) in [7, 11) is 0. The van der Waals surface area contributed by atoms with Crippen LogP contribution in [-0.2, 0) is 11.4 Å². The molecule has 1 atom stereocenters. The Hall–Kier alpha value is -4.61. The van der Waals surface area contributed by atoms with Crippen molar-refractivity contribution in [1.82, 2.24) is 0 Å². The summed E-state index contributed by atoms with van der Waals surface area (Å²) in [5, 5.41) is 22.0. The second kappa shape index (κ2) is 11.2. The fourth-order valence-electron chi connectivity index (χ4n) is 6.09. The number of carbonyl (C=O) groups is 1. The molecule has 3 aromatic rings. The number of allylic oxidation sites excluding steroid dienone is 3. The Balaban J connectivity index is 1.68. The average Bonchev–Trinajstić information content (AvgIpc) is 2.93. The van der Waals surface area contributed by atoms with Gasteiger partial charge >= 0.3 is 0 Å². The molecule has 9 heteroatoms. The number of hydrogen-bond acceptors (Lipinski definition) is 7. The molecule has 8 nitrogen and oxygen atoms in total. The van der Waals surface area contributed by atoms with Crippen molar-refractivity contribution in [3.8, 4) is 11.8 Å². The molecule has 0 saturated carbocycles. The number of nitro groups is 1. The molecule has 2 aliphatic rings. The molecule has 0 fully saturated rings. The minimum atomic E-state index is -0.685. The molecule has 0 saturated heterocycles. The third-order valence-corrected chi connectivity index (χ3v) is 8.49. The minimum absolute atomic E-state index is 0.0714. The van der Waals surface area contributed by atoms with Crippen LogP contribution >= 0.6 is 11.6 Å². The van der Waals surface area contributed by atoms with Gasteiger partial charge in [0.1, 0.15) is 18.2 Å². The SMILES string of the molecule is Cc1ccc(OCc2cc(C)cc(C3C(C#N)=C(N)N(c4ccc([N+](=O)[O-])cc4Cl)C4=C3C(=O)CC(C)(C)C4)c2C)cc1. The summed E-state index contributed by atoms with van der Waals surface area (Å²) in [4.78, 5) is 26.5. The number of non-ortho nitro benzene ring substituents is 1. The molecule has 0 radical (unpaired) electrons. The number of nitrogens with zero attached hydrogens (tertiary/aromatic N) is 3. The lowest BCUT2D eigenvalue weighted by atomic mass is 9.68. The van der Waals surface area contributed by atoms with Gasteiger partial charge in [-0.1, -0.05) is 60.8 Å². The second-order valence-electron chi connectivity index (χ2n) is 12.1. The molecule has 220 valence electrons. The highest BCUT2D eigenvalue weighted by atomic mass is 35.5. The van der Waals surface area contributed by atoms with Crippen LogP contribution in [0.2, 0.25) is 5.02 Å². The van der Waals surface area contributed by atoms with Crippen LogP contribution in [-0.4, -0.2) is 10.7 Å². The van der Waals surface area contributed by atoms with E-state index in [9.17, 15) is 20.2 Å². The van der Waals surface area contributed by atoms with Gasteiger partial charge in [-0.05, 0) is 67.5 Å². The summed E-state index contributed by atoms with van der Waals surface area (Å²) in [5.74, 6) is 0.135. The summed E-state index contributed by atoms with van der Waals surface area (Å²) in [6.45, 7) is 10.3. The molecule has 3 aromatic carbocycles. The van der Waals surface area contributed by atoms with Gasteiger partial charge in [0.05, 0.1) is 33.2 Å². The number of nitro benzene ring substituents is 1. The Bertz CT molecular complexity index is 1770. The van der Waals surface area contributed by atoms with Crippen molar-refractivity contribution < 1.29 is 14.5 Å². The lowest BCUT2D eigenvalue weighted by Crippen LogP contribution is -2.42. The van der Waals surface area contributed by atoms with Crippen molar-refractivity contribution in [3.05, 3.63) is 120 Å². The molecule has 1 aliphatic carbocycles. The second-order valence-corrected chi connectivity index (χ2v) is 12.5. The third kappa shape index (κ3) is 5.61. The zero-order valence-corrected chi connectivity index (χ0v) is 25.6. The maximum absolute atomic E-state index is 14.0. The fraction of sp³-hybridized carbons (Fsp3) is 0.294. The monoisotopic (exact) mass is 596 g/mol. The zero-order chi connectivity index (χ0) is 31.2. The summed E-state index contributed by atoms with van der Waals surface area (Å²) >= 11 is 6.59. The Labute approximate surface area is 256 Å². The van der Waals surface area contributed by atoms with E-state index in [0.717, 1.165) is 33.6 Å². The maximum atomic E-state index is 14.0. The standard InChI is InChI=1S/C34H33ClN4O4/c1-19-6-9-24(10-7-19)43-18-22-12-20(2)13-25(21(22)3)31-26(17-36)33(37)38(28-11-8-23(39(41)42)14-27(28)35)29-15-34(4,5)16-30(40)32(29)31/h6-14,31H,15-16,18,37H2,1-5H3. The zero-order valence-electron chi connectivity index (χ0n) is 24.8. The van der Waals surface area contributed by atoms with Crippen LogP contribution in [0, 0.1) is 47.6 Å². The molecule has 0 spiro atoms. The van der Waals surface area contributed by atoms with Crippen LogP contribution in [0.25, 0.3) is 0 Å². The van der Waals surface area contributed by atoms with Gasteiger partial charge in [-0.15, -0.1) is 0 Å². The van der Waals surface area contributed by atoms with Crippen LogP contribution in [0.1, 0.15) is 60.4 Å². The number of rotatable bonds is 6. The molecular formula is C34H33ClN4O4. The molecule has 0 bridgehead atoms. The number of Topliss-reactive ketones (excluding diaryl/α,β-unsaturated/α-hetero) is 1. The van der Waals surface area contributed by atoms with E-state index in [2.05, 4.69) is 12.1 Å². The highest BCUT2D eigenvalue weighted by Gasteiger charge is 2.45. The topological polar surface area (TPSA) is 122 Å². The summed E-state index contributed by atoms with van der Waals surface area (Å²) in [5.41, 5.74) is 12.8. The van der Waals surface area contributed by atoms with Gasteiger partial charge in [0, 0.05) is 29.8 Å². The van der Waals surface area contributed by atoms with Crippen molar-refractivity contribution in [3.63, 3.8) is 0 Å². The largest absolute Gasteiger partial charge is 0.489 e. The Kier molecular flexibility index (Phi) is 7.80. The summed E-state index contributed by atoms with van der Waals surface area (Å²) in [6.07, 6.45) is 0.794. The first-order valence-electron chi connectivity index (χ1n) is 14.0. The minimum Gasteiger partial charge on any atom is -0.489 e. The van der Waals surface area contributed by atoms with Crippen LogP contribution in [0.3, 0.4) is 0 Å². The smallest absolute Gasteiger partial charge is 0.271 e. The van der Waals surface area contributed by atoms with Gasteiger partial charge in [0.2, 0.25) is 0 Å². The average molecular weight is 597 g/mol. The van der Waals surface area contributed by atoms with E-state index < -0.39 is 10.8 Å². The van der Waals surface area contributed by atoms with Gasteiger partial charge in [-0.25, -0.2) is 0 Å². The first kappa shape index (κ1) is 29.9. The highest BCUT2D eigenvalue weighted by molar-refractivity contribution is 6.33. The predicted octanol–water partition coefficient (Wildman–Crippen LogP) is 7.69. The van der Waals surface area contributed by atoms with E-state index >= 15 is 0 Å². The van der Waals surface area contributed by atoms with E-state index in [1.807, 2.05) is 65.0 Å². The predicted molar refractivity (Wildman–Crippen MR) is 167 cm³/mol. The van der Waals surface area contributed by atoms with Gasteiger partial charge in [-0.2, -0.15) is 5.26 Å². The van der Waals surface area contributed by atoms with Gasteiger partial charge in [-0.3, -0.25) is 19.8 Å². The van der Waals surface area contributed by atoms with Crippen molar-refractivity contribution in [2.24, 2.45) is 11.1 Å². The van der Waals surface area contributed by atoms with E-state index in [-0.39, 0.29) is 33.3 Å². The van der Waals surface area contributed by atoms with Gasteiger partial charge < -0.3 is 10.5 Å². The number of nitrogens with two attached hydrogens (primary N) is 1. The van der Waals surface area contributed by atoms with Gasteiger partial charge in [0.25, 0.3) is 5.69 Å². The number of aryl methyl sites for hydroxylation is 2. The third-order valence-electron chi connectivity index (χ3n) is 8.19. The van der Waals surface area contributed by atoms with Crippen LogP contribution in [0.5, 0.6) is 5.75 Å². The number of benzene rings is 3. The molecule has 0 amide bonds. The number of nitriles is 1. The quantitative estimate of drug-likeness (QED) is 0.228. The van der Waals surface area contributed by atoms with Gasteiger partial charge in [0.15, 0.2) is 5.78 Å². The normalized spacial score (nSPS) is 17.9. The van der Waals surface area contributed by atoms with Crippen molar-refractivity contribution in [2.45, 2.75) is 60.0 Å². The number of ether oxygens (including phenoxy) is 1. The molecule has 5 rings (SSSR count). The number of hydrogen-bond donors (Lipinski definition) is 1. The maximum Gasteiger partial charge on any atom is 0.271 e. The molecular weight excluding hydrogens is 564 g/mol. The highest BCUT2D eigenvalue weighted by Crippen LogP contribution is 2.52. The lowest BCUT2D eigenvalue weighted by Gasteiger charge is -2.44. The van der Waals surface area contributed by atoms with E-state index in [1.165, 1.54) is 18.2 Å². The van der Waals surface area contributed by atoms with E-state index in [4.69, 9.17) is 22.1 Å². The molecule has 0 aromatic heterocycles. The van der Waals surface area contributed by atoms with Crippen LogP contribution in [0.4, 0.5) is 11.4 Å². The lowest BCUT2D eigenvalue weighted by molar-refractivity contribution is -0.384. The molecule has 1 aliphatic heterocycles. The molecule has 2 N–H and O–H groups in total. The Morgan fingerprint density at radius 2 is 1.79 bits per heavy atom. The Morgan fingerprint density at radius 3 is 2.42 bits per heavy atom.